The Morgan fingerprint density at radius 3 is 1.82 bits per heavy atom. The fraction of sp³-hybridized carbons (Fsp3) is 0.310. The molecule has 3 aromatic carbocycles. The molecule has 2 atom stereocenters. The highest BCUT2D eigenvalue weighted by molar-refractivity contribution is 6.99. The zero-order valence-corrected chi connectivity index (χ0v) is 20.8. The molecule has 0 saturated carbocycles. The third kappa shape index (κ3) is 5.20. The van der Waals surface area contributed by atoms with Crippen molar-refractivity contribution in [3.8, 4) is 0 Å². The van der Waals surface area contributed by atoms with E-state index in [1.165, 1.54) is 10.4 Å². The summed E-state index contributed by atoms with van der Waals surface area (Å²) in [6.07, 6.45) is 1.80. The van der Waals surface area contributed by atoms with Gasteiger partial charge in [0, 0.05) is 6.42 Å². The smallest absolute Gasteiger partial charge is 0.261 e. The Bertz CT molecular complexity index is 1000. The van der Waals surface area contributed by atoms with Gasteiger partial charge < -0.3 is 14.3 Å². The summed E-state index contributed by atoms with van der Waals surface area (Å²) >= 11 is 0. The van der Waals surface area contributed by atoms with Gasteiger partial charge in [0.25, 0.3) is 8.32 Å². The summed E-state index contributed by atoms with van der Waals surface area (Å²) in [5.74, 6) is 0. The first-order chi connectivity index (χ1) is 15.9. The van der Waals surface area contributed by atoms with Crippen LogP contribution in [0.2, 0.25) is 5.04 Å². The number of hydrogen-bond acceptors (Lipinski definition) is 3. The average Bonchev–Trinajstić information content (AvgIpc) is 3.17. The molecule has 4 rings (SSSR count). The second kappa shape index (κ2) is 10.2. The van der Waals surface area contributed by atoms with Crippen molar-refractivity contribution in [1.82, 2.24) is 0 Å². The molecule has 0 fully saturated rings. The van der Waals surface area contributed by atoms with Gasteiger partial charge in [-0.15, -0.1) is 0 Å². The molecule has 4 heteroatoms. The van der Waals surface area contributed by atoms with E-state index in [1.54, 1.807) is 0 Å². The van der Waals surface area contributed by atoms with Crippen LogP contribution >= 0.6 is 0 Å². The molecule has 172 valence electrons. The molecule has 0 amide bonds. The molecule has 0 spiro atoms. The third-order valence-corrected chi connectivity index (χ3v) is 11.4. The number of aliphatic hydroxyl groups excluding tert-OH is 1. The van der Waals surface area contributed by atoms with Crippen LogP contribution in [0.4, 0.5) is 0 Å². The molecule has 0 bridgehead atoms. The molecule has 0 saturated heterocycles. The number of rotatable bonds is 8. The highest BCUT2D eigenvalue weighted by atomic mass is 28.4. The van der Waals surface area contributed by atoms with Gasteiger partial charge in [-0.25, -0.2) is 0 Å². The van der Waals surface area contributed by atoms with Crippen molar-refractivity contribution in [3.63, 3.8) is 0 Å². The summed E-state index contributed by atoms with van der Waals surface area (Å²) in [6.45, 7) is 7.83. The topological polar surface area (TPSA) is 38.7 Å². The summed E-state index contributed by atoms with van der Waals surface area (Å²) in [5.41, 5.74) is 2.17. The first-order valence-corrected chi connectivity index (χ1v) is 13.6. The zero-order valence-electron chi connectivity index (χ0n) is 19.8. The lowest BCUT2D eigenvalue weighted by atomic mass is 10.2. The molecule has 3 nitrogen and oxygen atoms in total. The van der Waals surface area contributed by atoms with Crippen LogP contribution in [0.5, 0.6) is 0 Å². The molecule has 0 aromatic heterocycles. The van der Waals surface area contributed by atoms with Gasteiger partial charge in [-0.2, -0.15) is 0 Å². The highest BCUT2D eigenvalue weighted by Gasteiger charge is 2.52. The summed E-state index contributed by atoms with van der Waals surface area (Å²) in [5, 5.41) is 12.9. The predicted molar refractivity (Wildman–Crippen MR) is 137 cm³/mol. The maximum absolute atomic E-state index is 10.5. The monoisotopic (exact) mass is 458 g/mol. The van der Waals surface area contributed by atoms with Gasteiger partial charge in [0.2, 0.25) is 0 Å². The van der Waals surface area contributed by atoms with Crippen LogP contribution in [0.25, 0.3) is 0 Å². The first kappa shape index (κ1) is 23.6. The minimum atomic E-state index is -2.70. The molecule has 3 aromatic rings. The largest absolute Gasteiger partial charge is 0.401 e. The van der Waals surface area contributed by atoms with Crippen molar-refractivity contribution in [2.24, 2.45) is 0 Å². The van der Waals surface area contributed by atoms with Crippen molar-refractivity contribution in [2.45, 2.75) is 51.0 Å². The van der Waals surface area contributed by atoms with E-state index in [2.05, 4.69) is 93.6 Å². The Morgan fingerprint density at radius 2 is 1.30 bits per heavy atom. The van der Waals surface area contributed by atoms with Crippen LogP contribution in [0.1, 0.15) is 32.8 Å². The van der Waals surface area contributed by atoms with Gasteiger partial charge in [-0.05, 0) is 26.5 Å². The fourth-order valence-electron chi connectivity index (χ4n) is 4.82. The van der Waals surface area contributed by atoms with Gasteiger partial charge in [-0.3, -0.25) is 0 Å². The molecular weight excluding hydrogens is 424 g/mol. The van der Waals surface area contributed by atoms with E-state index in [1.807, 2.05) is 24.3 Å². The molecule has 1 N–H and O–H groups in total. The van der Waals surface area contributed by atoms with Crippen LogP contribution < -0.4 is 10.4 Å². The maximum atomic E-state index is 10.5. The first-order valence-electron chi connectivity index (χ1n) is 11.7. The SMILES string of the molecule is CC(C)(C)[Si](O[C@H]1C[C@H](O)C=C1COCc1ccccc1)(c1ccccc1)c1ccccc1. The molecule has 1 aliphatic carbocycles. The van der Waals surface area contributed by atoms with Crippen molar-refractivity contribution < 1.29 is 14.3 Å². The lowest BCUT2D eigenvalue weighted by Gasteiger charge is -2.45. The standard InChI is InChI=1S/C29H34O3Si/c1-29(2,3)33(26-15-9-5-10-16-26,27-17-11-6-12-18-27)32-28-20-25(30)19-24(28)22-31-21-23-13-7-4-8-14-23/h4-19,25,28,30H,20-22H2,1-3H3/t25-,28+/m1/s1. The molecule has 0 unspecified atom stereocenters. The molecule has 1 aliphatic rings. The zero-order chi connectivity index (χ0) is 23.3. The normalized spacial score (nSPS) is 18.8. The van der Waals surface area contributed by atoms with E-state index in [4.69, 9.17) is 9.16 Å². The third-order valence-electron chi connectivity index (χ3n) is 6.39. The fourth-order valence-corrected chi connectivity index (χ4v) is 9.51. The maximum Gasteiger partial charge on any atom is 0.261 e. The van der Waals surface area contributed by atoms with Crippen molar-refractivity contribution >= 4 is 18.7 Å². The van der Waals surface area contributed by atoms with Gasteiger partial charge in [0.15, 0.2) is 0 Å². The number of aliphatic hydroxyl groups is 1. The summed E-state index contributed by atoms with van der Waals surface area (Å²) in [6, 6.07) is 31.5. The molecule has 0 aliphatic heterocycles. The van der Waals surface area contributed by atoms with Gasteiger partial charge in [-0.1, -0.05) is 118 Å². The van der Waals surface area contributed by atoms with Crippen LogP contribution in [0.3, 0.4) is 0 Å². The Kier molecular flexibility index (Phi) is 7.30. The van der Waals surface area contributed by atoms with Crippen LogP contribution in [-0.4, -0.2) is 32.2 Å². The van der Waals surface area contributed by atoms with Crippen molar-refractivity contribution in [2.75, 3.05) is 6.61 Å². The van der Waals surface area contributed by atoms with Crippen LogP contribution in [-0.2, 0) is 15.8 Å². The summed E-state index contributed by atoms with van der Waals surface area (Å²) in [7, 11) is -2.70. The second-order valence-corrected chi connectivity index (χ2v) is 14.0. The number of benzene rings is 3. The van der Waals surface area contributed by atoms with Crippen molar-refractivity contribution in [1.29, 1.82) is 0 Å². The number of ether oxygens (including phenoxy) is 1. The minimum Gasteiger partial charge on any atom is -0.401 e. The van der Waals surface area contributed by atoms with E-state index in [-0.39, 0.29) is 11.1 Å². The van der Waals surface area contributed by atoms with E-state index >= 15 is 0 Å². The van der Waals surface area contributed by atoms with E-state index in [9.17, 15) is 5.11 Å². The Balaban J connectivity index is 1.64. The van der Waals surface area contributed by atoms with Crippen molar-refractivity contribution in [3.05, 3.63) is 108 Å². The van der Waals surface area contributed by atoms with Gasteiger partial charge in [0.1, 0.15) is 0 Å². The number of hydrogen-bond donors (Lipinski definition) is 1. The predicted octanol–water partition coefficient (Wildman–Crippen LogP) is 4.84. The highest BCUT2D eigenvalue weighted by Crippen LogP contribution is 2.39. The molecule has 0 radical (unpaired) electrons. The summed E-state index contributed by atoms with van der Waals surface area (Å²) in [4.78, 5) is 0. The Labute approximate surface area is 198 Å². The second-order valence-electron chi connectivity index (χ2n) is 9.79. The Hall–Kier alpha value is -2.50. The average molecular weight is 459 g/mol. The molecular formula is C29H34O3Si. The lowest BCUT2D eigenvalue weighted by Crippen LogP contribution is -2.67. The quantitative estimate of drug-likeness (QED) is 0.388. The molecule has 33 heavy (non-hydrogen) atoms. The van der Waals surface area contributed by atoms with Crippen LogP contribution in [0.15, 0.2) is 103 Å². The Morgan fingerprint density at radius 1 is 0.788 bits per heavy atom. The van der Waals surface area contributed by atoms with Gasteiger partial charge >= 0.3 is 0 Å². The summed E-state index contributed by atoms with van der Waals surface area (Å²) < 4.78 is 13.3. The van der Waals surface area contributed by atoms with E-state index < -0.39 is 14.4 Å². The molecule has 0 heterocycles. The lowest BCUT2D eigenvalue weighted by molar-refractivity contribution is 0.114. The van der Waals surface area contributed by atoms with E-state index in [0.29, 0.717) is 19.6 Å². The van der Waals surface area contributed by atoms with Crippen LogP contribution in [0, 0.1) is 0 Å². The minimum absolute atomic E-state index is 0.112. The van der Waals surface area contributed by atoms with Gasteiger partial charge in [0.05, 0.1) is 25.4 Å². The van der Waals surface area contributed by atoms with E-state index in [0.717, 1.165) is 11.1 Å².